The lowest BCUT2D eigenvalue weighted by atomic mass is 10.1. The van der Waals surface area contributed by atoms with Crippen LogP contribution in [0.5, 0.6) is 0 Å². The highest BCUT2D eigenvalue weighted by Crippen LogP contribution is 2.29. The molecule has 0 bridgehead atoms. The molecule has 1 aliphatic rings. The monoisotopic (exact) mass is 326 g/mol. The van der Waals surface area contributed by atoms with Gasteiger partial charge in [-0.2, -0.15) is 13.2 Å². The van der Waals surface area contributed by atoms with E-state index in [1.54, 1.807) is 18.2 Å². The van der Waals surface area contributed by atoms with E-state index >= 15 is 0 Å². The van der Waals surface area contributed by atoms with E-state index in [4.69, 9.17) is 0 Å². The van der Waals surface area contributed by atoms with E-state index in [0.29, 0.717) is 18.7 Å². The molecule has 1 aromatic carbocycles. The van der Waals surface area contributed by atoms with Crippen molar-refractivity contribution in [2.75, 3.05) is 6.54 Å². The molecule has 0 amide bonds. The number of fused-ring (bicyclic) bond motifs is 1. The van der Waals surface area contributed by atoms with Crippen molar-refractivity contribution in [3.05, 3.63) is 47.0 Å². The van der Waals surface area contributed by atoms with Crippen molar-refractivity contribution in [1.82, 2.24) is 19.7 Å². The van der Waals surface area contributed by atoms with Crippen LogP contribution in [0.2, 0.25) is 0 Å². The lowest BCUT2D eigenvalue weighted by Crippen LogP contribution is -2.35. The number of benzene rings is 1. The molecule has 0 fully saturated rings. The second-order valence-electron chi connectivity index (χ2n) is 5.26. The summed E-state index contributed by atoms with van der Waals surface area (Å²) in [6.07, 6.45) is -4.52. The minimum atomic E-state index is -4.52. The van der Waals surface area contributed by atoms with Gasteiger partial charge in [0.15, 0.2) is 0 Å². The van der Waals surface area contributed by atoms with E-state index in [0.717, 1.165) is 4.57 Å². The Hall–Kier alpha value is -2.42. The summed E-state index contributed by atoms with van der Waals surface area (Å²) >= 11 is 0. The molecule has 0 aliphatic carbocycles. The van der Waals surface area contributed by atoms with E-state index in [1.807, 2.05) is 4.90 Å². The predicted molar refractivity (Wildman–Crippen MR) is 72.5 cm³/mol. The Kier molecular flexibility index (Phi) is 3.80. The first-order valence-electron chi connectivity index (χ1n) is 6.89. The number of halogens is 3. The van der Waals surface area contributed by atoms with Gasteiger partial charge in [0, 0.05) is 19.6 Å². The fourth-order valence-electron chi connectivity index (χ4n) is 2.66. The Labute approximate surface area is 129 Å². The number of hydrogen-bond acceptors (Lipinski definition) is 4. The lowest BCUT2D eigenvalue weighted by molar-refractivity contribution is -0.148. The maximum atomic E-state index is 12.8. The van der Waals surface area contributed by atoms with Crippen LogP contribution < -0.4 is 0 Å². The van der Waals surface area contributed by atoms with E-state index < -0.39 is 18.0 Å². The van der Waals surface area contributed by atoms with Crippen molar-refractivity contribution in [3.63, 3.8) is 0 Å². The number of carboxylic acid groups (broad SMARTS) is 1. The number of carbonyl (C=O) groups is 1. The third-order valence-corrected chi connectivity index (χ3v) is 3.73. The predicted octanol–water partition coefficient (Wildman–Crippen LogP) is 2.01. The standard InChI is InChI=1S/C14H13F3N4O2/c15-14(16,17)13-19-18-11-8-20(5-6-21(11)13)7-9-3-1-2-4-10(9)12(22)23/h1-4H,5-8H2,(H,22,23). The van der Waals surface area contributed by atoms with E-state index in [2.05, 4.69) is 10.2 Å². The number of aromatic nitrogens is 3. The van der Waals surface area contributed by atoms with Gasteiger partial charge < -0.3 is 9.67 Å². The molecule has 0 saturated carbocycles. The molecule has 0 spiro atoms. The molecule has 23 heavy (non-hydrogen) atoms. The SMILES string of the molecule is O=C(O)c1ccccc1CN1CCn2c(nnc2C(F)(F)F)C1. The van der Waals surface area contributed by atoms with Crippen LogP contribution in [0.1, 0.15) is 27.6 Å². The number of rotatable bonds is 3. The zero-order chi connectivity index (χ0) is 16.6. The topological polar surface area (TPSA) is 71.2 Å². The first-order valence-corrected chi connectivity index (χ1v) is 6.89. The van der Waals surface area contributed by atoms with Crippen LogP contribution in [0.4, 0.5) is 13.2 Å². The number of aromatic carboxylic acids is 1. The molecular formula is C14H13F3N4O2. The quantitative estimate of drug-likeness (QED) is 0.934. The summed E-state index contributed by atoms with van der Waals surface area (Å²) in [6.45, 7) is 1.00. The van der Waals surface area contributed by atoms with E-state index in [1.165, 1.54) is 6.07 Å². The molecule has 2 aromatic rings. The van der Waals surface area contributed by atoms with Crippen molar-refractivity contribution >= 4 is 5.97 Å². The molecule has 1 N–H and O–H groups in total. The van der Waals surface area contributed by atoms with Crippen molar-refractivity contribution < 1.29 is 23.1 Å². The molecule has 0 unspecified atom stereocenters. The van der Waals surface area contributed by atoms with Crippen LogP contribution in [0.25, 0.3) is 0 Å². The van der Waals surface area contributed by atoms with Gasteiger partial charge in [-0.3, -0.25) is 4.90 Å². The summed E-state index contributed by atoms with van der Waals surface area (Å²) in [5.41, 5.74) is 0.805. The second kappa shape index (κ2) is 5.65. The Morgan fingerprint density at radius 3 is 2.65 bits per heavy atom. The molecule has 6 nitrogen and oxygen atoms in total. The minimum Gasteiger partial charge on any atom is -0.478 e. The lowest BCUT2D eigenvalue weighted by Gasteiger charge is -2.28. The van der Waals surface area contributed by atoms with Crippen molar-refractivity contribution in [3.8, 4) is 0 Å². The normalized spacial score (nSPS) is 15.4. The first-order chi connectivity index (χ1) is 10.9. The molecule has 122 valence electrons. The van der Waals surface area contributed by atoms with Gasteiger partial charge in [-0.25, -0.2) is 4.79 Å². The molecular weight excluding hydrogens is 313 g/mol. The average molecular weight is 326 g/mol. The second-order valence-corrected chi connectivity index (χ2v) is 5.26. The van der Waals surface area contributed by atoms with Gasteiger partial charge >= 0.3 is 12.1 Å². The largest absolute Gasteiger partial charge is 0.478 e. The number of hydrogen-bond donors (Lipinski definition) is 1. The van der Waals surface area contributed by atoms with E-state index in [-0.39, 0.29) is 24.5 Å². The number of alkyl halides is 3. The summed E-state index contributed by atoms with van der Waals surface area (Å²) in [7, 11) is 0. The van der Waals surface area contributed by atoms with Gasteiger partial charge in [0.1, 0.15) is 5.82 Å². The summed E-state index contributed by atoms with van der Waals surface area (Å²) in [6, 6.07) is 6.57. The summed E-state index contributed by atoms with van der Waals surface area (Å²) < 4.78 is 39.4. The highest BCUT2D eigenvalue weighted by molar-refractivity contribution is 5.89. The minimum absolute atomic E-state index is 0.117. The molecule has 1 aromatic heterocycles. The third-order valence-electron chi connectivity index (χ3n) is 3.73. The van der Waals surface area contributed by atoms with Gasteiger partial charge in [-0.05, 0) is 11.6 Å². The summed E-state index contributed by atoms with van der Waals surface area (Å²) in [4.78, 5) is 13.1. The Morgan fingerprint density at radius 1 is 1.22 bits per heavy atom. The fraction of sp³-hybridized carbons (Fsp3) is 0.357. The molecule has 2 heterocycles. The Morgan fingerprint density at radius 2 is 1.96 bits per heavy atom. The highest BCUT2D eigenvalue weighted by atomic mass is 19.4. The number of nitrogens with zero attached hydrogens (tertiary/aromatic N) is 4. The Bertz CT molecular complexity index is 742. The van der Waals surface area contributed by atoms with Crippen molar-refractivity contribution in [1.29, 1.82) is 0 Å². The van der Waals surface area contributed by atoms with Crippen LogP contribution in [-0.4, -0.2) is 37.3 Å². The van der Waals surface area contributed by atoms with Crippen LogP contribution in [0, 0.1) is 0 Å². The summed E-state index contributed by atoms with van der Waals surface area (Å²) in [5, 5.41) is 16.0. The molecule has 1 aliphatic heterocycles. The third kappa shape index (κ3) is 3.04. The van der Waals surface area contributed by atoms with Crippen LogP contribution in [-0.2, 0) is 25.8 Å². The number of carboxylic acids is 1. The zero-order valence-corrected chi connectivity index (χ0v) is 11.9. The van der Waals surface area contributed by atoms with Crippen molar-refractivity contribution in [2.24, 2.45) is 0 Å². The average Bonchev–Trinajstić information content (AvgIpc) is 2.90. The van der Waals surface area contributed by atoms with E-state index in [9.17, 15) is 23.1 Å². The fourth-order valence-corrected chi connectivity index (χ4v) is 2.66. The summed E-state index contributed by atoms with van der Waals surface area (Å²) in [5.74, 6) is -1.78. The van der Waals surface area contributed by atoms with Crippen molar-refractivity contribution in [2.45, 2.75) is 25.8 Å². The van der Waals surface area contributed by atoms with Gasteiger partial charge in [0.05, 0.1) is 12.1 Å². The molecule has 9 heteroatoms. The van der Waals surface area contributed by atoms with Gasteiger partial charge in [-0.1, -0.05) is 18.2 Å². The van der Waals surface area contributed by atoms with Gasteiger partial charge in [0.25, 0.3) is 0 Å². The van der Waals surface area contributed by atoms with Crippen LogP contribution in [0.3, 0.4) is 0 Å². The molecule has 0 saturated heterocycles. The molecule has 3 rings (SSSR count). The molecule has 0 radical (unpaired) electrons. The van der Waals surface area contributed by atoms with Gasteiger partial charge in [0.2, 0.25) is 5.82 Å². The van der Waals surface area contributed by atoms with Crippen LogP contribution >= 0.6 is 0 Å². The maximum absolute atomic E-state index is 12.8. The van der Waals surface area contributed by atoms with Gasteiger partial charge in [-0.15, -0.1) is 10.2 Å². The first kappa shape index (κ1) is 15.5. The zero-order valence-electron chi connectivity index (χ0n) is 11.9. The maximum Gasteiger partial charge on any atom is 0.451 e. The molecule has 0 atom stereocenters. The highest BCUT2D eigenvalue weighted by Gasteiger charge is 2.39. The Balaban J connectivity index is 1.79. The van der Waals surface area contributed by atoms with Crippen LogP contribution in [0.15, 0.2) is 24.3 Å². The smallest absolute Gasteiger partial charge is 0.451 e.